The average Bonchev–Trinajstić information content (AvgIpc) is 3.08. The van der Waals surface area contributed by atoms with Crippen LogP contribution in [-0.2, 0) is 0 Å². The van der Waals surface area contributed by atoms with E-state index in [0.717, 1.165) is 36.3 Å². The van der Waals surface area contributed by atoms with Crippen molar-refractivity contribution in [1.29, 1.82) is 0 Å². The molecule has 3 rings (SSSR count). The molecule has 3 N–H and O–H groups in total. The number of aromatic nitrogens is 2. The van der Waals surface area contributed by atoms with E-state index < -0.39 is 5.91 Å². The Morgan fingerprint density at radius 2 is 2.17 bits per heavy atom. The lowest BCUT2D eigenvalue weighted by atomic mass is 9.95. The Labute approximate surface area is 147 Å². The summed E-state index contributed by atoms with van der Waals surface area (Å²) in [6.45, 7) is 1.90. The monoisotopic (exact) mass is 347 g/mol. The maximum absolute atomic E-state index is 11.4. The molecule has 24 heavy (non-hydrogen) atoms. The summed E-state index contributed by atoms with van der Waals surface area (Å²) in [5.41, 5.74) is 8.81. The van der Waals surface area contributed by atoms with Crippen molar-refractivity contribution in [2.75, 3.05) is 32.1 Å². The Balaban J connectivity index is 0.00000208. The first-order valence-electron chi connectivity index (χ1n) is 7.71. The quantitative estimate of drug-likeness (QED) is 0.881. The van der Waals surface area contributed by atoms with Gasteiger partial charge >= 0.3 is 0 Å². The number of nitrogens with zero attached hydrogens (tertiary/aromatic N) is 3. The normalized spacial score (nSPS) is 16.5. The van der Waals surface area contributed by atoms with Crippen LogP contribution in [0.4, 0.5) is 5.95 Å². The molecule has 0 bridgehead atoms. The molecule has 2 heterocycles. The third-order valence-electron chi connectivity index (χ3n) is 4.11. The average molecular weight is 348 g/mol. The molecule has 0 spiro atoms. The first kappa shape index (κ1) is 18.2. The number of halogens is 1. The van der Waals surface area contributed by atoms with Crippen LogP contribution >= 0.6 is 12.4 Å². The Morgan fingerprint density at radius 1 is 1.38 bits per heavy atom. The maximum Gasteiger partial charge on any atom is 0.248 e. The van der Waals surface area contributed by atoms with Crippen LogP contribution in [0, 0.1) is 0 Å². The second-order valence-electron chi connectivity index (χ2n) is 6.00. The molecule has 0 saturated carbocycles. The number of amides is 1. The standard InChI is InChI=1S/C17H21N5O.ClH/c1-22(2)17-20-10-14(15(21-17)13-6-7-19-9-13)11-4-3-5-12(8-11)16(18)23;/h3-5,8,10,13,19H,6-7,9H2,1-2H3,(H2,18,23);1H. The fourth-order valence-electron chi connectivity index (χ4n) is 2.86. The van der Waals surface area contributed by atoms with Crippen LogP contribution in [0.1, 0.15) is 28.4 Å². The van der Waals surface area contributed by atoms with Crippen LogP contribution in [0.3, 0.4) is 0 Å². The van der Waals surface area contributed by atoms with Gasteiger partial charge in [0.15, 0.2) is 0 Å². The van der Waals surface area contributed by atoms with Gasteiger partial charge in [0.1, 0.15) is 0 Å². The SMILES string of the molecule is CN(C)c1ncc(-c2cccc(C(N)=O)c2)c(C2CCNC2)n1.Cl. The van der Waals surface area contributed by atoms with Gasteiger partial charge in [-0.15, -0.1) is 12.4 Å². The second kappa shape index (κ2) is 7.59. The third-order valence-corrected chi connectivity index (χ3v) is 4.11. The molecule has 1 saturated heterocycles. The van der Waals surface area contributed by atoms with Gasteiger partial charge in [-0.25, -0.2) is 9.97 Å². The van der Waals surface area contributed by atoms with E-state index in [4.69, 9.17) is 10.7 Å². The summed E-state index contributed by atoms with van der Waals surface area (Å²) in [4.78, 5) is 22.5. The molecule has 0 radical (unpaired) electrons. The number of benzene rings is 1. The minimum atomic E-state index is -0.429. The van der Waals surface area contributed by atoms with Gasteiger partial charge < -0.3 is 16.0 Å². The summed E-state index contributed by atoms with van der Waals surface area (Å²) in [5, 5.41) is 3.38. The molecular weight excluding hydrogens is 326 g/mol. The van der Waals surface area contributed by atoms with E-state index >= 15 is 0 Å². The first-order valence-corrected chi connectivity index (χ1v) is 7.71. The van der Waals surface area contributed by atoms with E-state index in [0.29, 0.717) is 17.4 Å². The molecule has 1 atom stereocenters. The minimum Gasteiger partial charge on any atom is -0.366 e. The molecule has 1 unspecified atom stereocenters. The van der Waals surface area contributed by atoms with E-state index in [1.54, 1.807) is 6.07 Å². The van der Waals surface area contributed by atoms with Gasteiger partial charge in [-0.1, -0.05) is 12.1 Å². The summed E-state index contributed by atoms with van der Waals surface area (Å²) < 4.78 is 0. The number of carbonyl (C=O) groups excluding carboxylic acids is 1. The van der Waals surface area contributed by atoms with E-state index in [1.807, 2.05) is 43.4 Å². The molecule has 1 aliphatic heterocycles. The largest absolute Gasteiger partial charge is 0.366 e. The maximum atomic E-state index is 11.4. The van der Waals surface area contributed by atoms with Crippen molar-refractivity contribution in [3.8, 4) is 11.1 Å². The zero-order valence-corrected chi connectivity index (χ0v) is 14.6. The Hall–Kier alpha value is -2.18. The number of nitrogens with one attached hydrogen (secondary N) is 1. The summed E-state index contributed by atoms with van der Waals surface area (Å²) in [6.07, 6.45) is 2.89. The molecule has 2 aromatic rings. The number of rotatable bonds is 4. The van der Waals surface area contributed by atoms with Crippen LogP contribution in [0.25, 0.3) is 11.1 Å². The first-order chi connectivity index (χ1) is 11.1. The smallest absolute Gasteiger partial charge is 0.248 e. The summed E-state index contributed by atoms with van der Waals surface area (Å²) >= 11 is 0. The van der Waals surface area contributed by atoms with Gasteiger partial charge in [-0.3, -0.25) is 4.79 Å². The van der Waals surface area contributed by atoms with Crippen molar-refractivity contribution in [2.24, 2.45) is 5.73 Å². The Bertz CT molecular complexity index is 729. The zero-order valence-electron chi connectivity index (χ0n) is 13.8. The lowest BCUT2D eigenvalue weighted by Crippen LogP contribution is -2.16. The van der Waals surface area contributed by atoms with Gasteiger partial charge in [0.05, 0.1) is 5.69 Å². The van der Waals surface area contributed by atoms with Crippen LogP contribution in [0.2, 0.25) is 0 Å². The molecular formula is C17H22ClN5O. The number of anilines is 1. The minimum absolute atomic E-state index is 0. The van der Waals surface area contributed by atoms with Crippen molar-refractivity contribution >= 4 is 24.3 Å². The van der Waals surface area contributed by atoms with E-state index in [2.05, 4.69) is 10.3 Å². The van der Waals surface area contributed by atoms with E-state index in [-0.39, 0.29) is 12.4 Å². The third kappa shape index (κ3) is 3.66. The van der Waals surface area contributed by atoms with Gasteiger partial charge in [0.2, 0.25) is 11.9 Å². The Morgan fingerprint density at radius 3 is 2.79 bits per heavy atom. The summed E-state index contributed by atoms with van der Waals surface area (Å²) in [5.74, 6) is 0.618. The molecule has 1 aromatic heterocycles. The van der Waals surface area contributed by atoms with Gasteiger partial charge in [0.25, 0.3) is 0 Å². The highest BCUT2D eigenvalue weighted by Crippen LogP contribution is 2.32. The molecule has 0 aliphatic carbocycles. The van der Waals surface area contributed by atoms with Crippen molar-refractivity contribution in [1.82, 2.24) is 15.3 Å². The van der Waals surface area contributed by atoms with Crippen molar-refractivity contribution < 1.29 is 4.79 Å². The molecule has 1 aliphatic rings. The molecule has 128 valence electrons. The molecule has 6 nitrogen and oxygen atoms in total. The fraction of sp³-hybridized carbons (Fsp3) is 0.353. The lowest BCUT2D eigenvalue weighted by Gasteiger charge is -2.18. The van der Waals surface area contributed by atoms with Crippen LogP contribution in [0.15, 0.2) is 30.5 Å². The van der Waals surface area contributed by atoms with Crippen molar-refractivity contribution in [3.63, 3.8) is 0 Å². The topological polar surface area (TPSA) is 84.1 Å². The predicted octanol–water partition coefficient (Wildman–Crippen LogP) is 1.81. The summed E-state index contributed by atoms with van der Waals surface area (Å²) in [7, 11) is 3.86. The van der Waals surface area contributed by atoms with Gasteiger partial charge in [-0.05, 0) is 30.7 Å². The van der Waals surface area contributed by atoms with E-state index in [1.165, 1.54) is 0 Å². The lowest BCUT2D eigenvalue weighted by molar-refractivity contribution is 0.100. The predicted molar refractivity (Wildman–Crippen MR) is 97.8 cm³/mol. The van der Waals surface area contributed by atoms with Crippen LogP contribution in [-0.4, -0.2) is 43.1 Å². The highest BCUT2D eigenvalue weighted by molar-refractivity contribution is 5.94. The van der Waals surface area contributed by atoms with Crippen molar-refractivity contribution in [2.45, 2.75) is 12.3 Å². The highest BCUT2D eigenvalue weighted by atomic mass is 35.5. The molecule has 1 amide bonds. The second-order valence-corrected chi connectivity index (χ2v) is 6.00. The highest BCUT2D eigenvalue weighted by Gasteiger charge is 2.23. The number of hydrogen-bond acceptors (Lipinski definition) is 5. The van der Waals surface area contributed by atoms with E-state index in [9.17, 15) is 4.79 Å². The number of carbonyl (C=O) groups is 1. The van der Waals surface area contributed by atoms with Crippen LogP contribution in [0.5, 0.6) is 0 Å². The molecule has 1 fully saturated rings. The zero-order chi connectivity index (χ0) is 16.4. The summed E-state index contributed by atoms with van der Waals surface area (Å²) in [6, 6.07) is 7.33. The molecule has 1 aromatic carbocycles. The van der Waals surface area contributed by atoms with Crippen LogP contribution < -0.4 is 16.0 Å². The van der Waals surface area contributed by atoms with Crippen molar-refractivity contribution in [3.05, 3.63) is 41.7 Å². The fourth-order valence-corrected chi connectivity index (χ4v) is 2.86. The number of hydrogen-bond donors (Lipinski definition) is 2. The van der Waals surface area contributed by atoms with Gasteiger partial charge in [-0.2, -0.15) is 0 Å². The molecule has 7 heteroatoms. The number of primary amides is 1. The number of nitrogens with two attached hydrogens (primary N) is 1. The Kier molecular flexibility index (Phi) is 5.75. The van der Waals surface area contributed by atoms with Gasteiger partial charge in [0, 0.05) is 43.9 Å².